The number of carbonyl (C=O) groups is 1. The molecule has 0 aliphatic heterocycles. The summed E-state index contributed by atoms with van der Waals surface area (Å²) < 4.78 is 2.59. The number of amides is 1. The van der Waals surface area contributed by atoms with E-state index >= 15 is 0 Å². The zero-order valence-corrected chi connectivity index (χ0v) is 13.2. The SMILES string of the molecule is CC(C)(C)C(=O)NCc1nnnn1-c1ccc(Br)cc1. The highest BCUT2D eigenvalue weighted by atomic mass is 79.9. The van der Waals surface area contributed by atoms with Crippen LogP contribution >= 0.6 is 15.9 Å². The lowest BCUT2D eigenvalue weighted by Gasteiger charge is -2.17. The first kappa shape index (κ1) is 14.6. The molecule has 0 saturated heterocycles. The van der Waals surface area contributed by atoms with Crippen LogP contribution in [-0.2, 0) is 11.3 Å². The molecular weight excluding hydrogens is 322 g/mol. The maximum absolute atomic E-state index is 11.9. The molecule has 1 aromatic carbocycles. The Morgan fingerprint density at radius 2 is 1.95 bits per heavy atom. The van der Waals surface area contributed by atoms with Crippen LogP contribution in [0.4, 0.5) is 0 Å². The number of rotatable bonds is 3. The standard InChI is InChI=1S/C13H16BrN5O/c1-13(2,3)12(20)15-8-11-16-17-18-19(11)10-6-4-9(14)5-7-10/h4-7H,8H2,1-3H3,(H,15,20). The molecular formula is C13H16BrN5O. The van der Waals surface area contributed by atoms with Crippen LogP contribution in [-0.4, -0.2) is 26.1 Å². The number of benzene rings is 1. The fraction of sp³-hybridized carbons (Fsp3) is 0.385. The molecule has 1 heterocycles. The number of tetrazole rings is 1. The second-order valence-electron chi connectivity index (χ2n) is 5.42. The van der Waals surface area contributed by atoms with Gasteiger partial charge in [0, 0.05) is 9.89 Å². The summed E-state index contributed by atoms with van der Waals surface area (Å²) in [6.07, 6.45) is 0. The molecule has 2 rings (SSSR count). The smallest absolute Gasteiger partial charge is 0.225 e. The van der Waals surface area contributed by atoms with E-state index in [4.69, 9.17) is 0 Å². The van der Waals surface area contributed by atoms with Gasteiger partial charge < -0.3 is 5.32 Å². The first-order chi connectivity index (χ1) is 9.38. The molecule has 0 spiro atoms. The van der Waals surface area contributed by atoms with Crippen molar-refractivity contribution in [3.8, 4) is 5.69 Å². The minimum atomic E-state index is -0.435. The average molecular weight is 338 g/mol. The van der Waals surface area contributed by atoms with Gasteiger partial charge >= 0.3 is 0 Å². The summed E-state index contributed by atoms with van der Waals surface area (Å²) in [6, 6.07) is 7.62. The molecule has 1 N–H and O–H groups in total. The number of nitrogens with zero attached hydrogens (tertiary/aromatic N) is 4. The number of halogens is 1. The summed E-state index contributed by atoms with van der Waals surface area (Å²) in [7, 11) is 0. The number of hydrogen-bond acceptors (Lipinski definition) is 4. The molecule has 7 heteroatoms. The summed E-state index contributed by atoms with van der Waals surface area (Å²) in [5.74, 6) is 0.549. The lowest BCUT2D eigenvalue weighted by Crippen LogP contribution is -2.35. The van der Waals surface area contributed by atoms with Crippen LogP contribution < -0.4 is 5.32 Å². The van der Waals surface area contributed by atoms with E-state index in [9.17, 15) is 4.79 Å². The third-order valence-electron chi connectivity index (χ3n) is 2.69. The van der Waals surface area contributed by atoms with Crippen LogP contribution in [0.3, 0.4) is 0 Å². The molecule has 0 radical (unpaired) electrons. The molecule has 106 valence electrons. The van der Waals surface area contributed by atoms with Crippen molar-refractivity contribution in [1.82, 2.24) is 25.5 Å². The van der Waals surface area contributed by atoms with Gasteiger partial charge in [-0.05, 0) is 34.7 Å². The normalized spacial score (nSPS) is 11.4. The van der Waals surface area contributed by atoms with Crippen molar-refractivity contribution in [2.24, 2.45) is 5.41 Å². The van der Waals surface area contributed by atoms with Crippen molar-refractivity contribution in [2.75, 3.05) is 0 Å². The predicted molar refractivity (Wildman–Crippen MR) is 78.2 cm³/mol. The molecule has 0 bridgehead atoms. The highest BCUT2D eigenvalue weighted by Crippen LogP contribution is 2.15. The van der Waals surface area contributed by atoms with Crippen LogP contribution in [0.2, 0.25) is 0 Å². The minimum absolute atomic E-state index is 0.0390. The van der Waals surface area contributed by atoms with Crippen molar-refractivity contribution in [3.05, 3.63) is 34.6 Å². The average Bonchev–Trinajstić information content (AvgIpc) is 2.84. The van der Waals surface area contributed by atoms with E-state index < -0.39 is 5.41 Å². The Morgan fingerprint density at radius 3 is 2.55 bits per heavy atom. The molecule has 0 fully saturated rings. The summed E-state index contributed by atoms with van der Waals surface area (Å²) in [6.45, 7) is 5.87. The summed E-state index contributed by atoms with van der Waals surface area (Å²) in [4.78, 5) is 11.9. The van der Waals surface area contributed by atoms with Gasteiger partial charge in [0.2, 0.25) is 5.91 Å². The molecule has 0 aliphatic carbocycles. The van der Waals surface area contributed by atoms with Crippen LogP contribution in [0, 0.1) is 5.41 Å². The van der Waals surface area contributed by atoms with Gasteiger partial charge in [-0.15, -0.1) is 5.10 Å². The monoisotopic (exact) mass is 337 g/mol. The van der Waals surface area contributed by atoms with E-state index in [1.807, 2.05) is 45.0 Å². The van der Waals surface area contributed by atoms with Crippen molar-refractivity contribution < 1.29 is 4.79 Å². The van der Waals surface area contributed by atoms with Gasteiger partial charge in [0.05, 0.1) is 12.2 Å². The maximum atomic E-state index is 11.9. The molecule has 1 aromatic heterocycles. The third kappa shape index (κ3) is 3.41. The van der Waals surface area contributed by atoms with Gasteiger partial charge in [-0.25, -0.2) is 0 Å². The topological polar surface area (TPSA) is 72.7 Å². The van der Waals surface area contributed by atoms with Gasteiger partial charge in [0.25, 0.3) is 0 Å². The van der Waals surface area contributed by atoms with Gasteiger partial charge in [0.1, 0.15) is 0 Å². The number of aromatic nitrogens is 4. The van der Waals surface area contributed by atoms with E-state index in [-0.39, 0.29) is 5.91 Å². The summed E-state index contributed by atoms with van der Waals surface area (Å²) >= 11 is 3.38. The fourth-order valence-corrected chi connectivity index (χ4v) is 1.79. The molecule has 0 aliphatic rings. The Hall–Kier alpha value is -1.76. The number of hydrogen-bond donors (Lipinski definition) is 1. The first-order valence-corrected chi connectivity index (χ1v) is 6.99. The lowest BCUT2D eigenvalue weighted by molar-refractivity contribution is -0.128. The van der Waals surface area contributed by atoms with Crippen LogP contribution in [0.1, 0.15) is 26.6 Å². The molecule has 6 nitrogen and oxygen atoms in total. The molecule has 0 unspecified atom stereocenters. The van der Waals surface area contributed by atoms with Crippen molar-refractivity contribution >= 4 is 21.8 Å². The summed E-state index contributed by atoms with van der Waals surface area (Å²) in [5.41, 5.74) is 0.411. The minimum Gasteiger partial charge on any atom is -0.348 e. The molecule has 0 atom stereocenters. The Labute approximate surface area is 125 Å². The number of carbonyl (C=O) groups excluding carboxylic acids is 1. The summed E-state index contributed by atoms with van der Waals surface area (Å²) in [5, 5.41) is 14.4. The quantitative estimate of drug-likeness (QED) is 0.930. The highest BCUT2D eigenvalue weighted by Gasteiger charge is 2.21. The molecule has 0 saturated carbocycles. The van der Waals surface area contributed by atoms with Gasteiger partial charge in [-0.2, -0.15) is 4.68 Å². The Balaban J connectivity index is 2.13. The zero-order valence-electron chi connectivity index (χ0n) is 11.6. The fourth-order valence-electron chi connectivity index (χ4n) is 1.52. The second kappa shape index (κ2) is 5.70. The largest absolute Gasteiger partial charge is 0.348 e. The van der Waals surface area contributed by atoms with Crippen LogP contribution in [0.25, 0.3) is 5.69 Å². The van der Waals surface area contributed by atoms with Crippen LogP contribution in [0.15, 0.2) is 28.7 Å². The van der Waals surface area contributed by atoms with E-state index in [1.54, 1.807) is 4.68 Å². The Kier molecular flexibility index (Phi) is 4.17. The van der Waals surface area contributed by atoms with Gasteiger partial charge in [0.15, 0.2) is 5.82 Å². The second-order valence-corrected chi connectivity index (χ2v) is 6.33. The van der Waals surface area contributed by atoms with Crippen molar-refractivity contribution in [1.29, 1.82) is 0 Å². The van der Waals surface area contributed by atoms with Crippen molar-refractivity contribution in [3.63, 3.8) is 0 Å². The predicted octanol–water partition coefficient (Wildman–Crippen LogP) is 2.09. The lowest BCUT2D eigenvalue weighted by atomic mass is 9.96. The third-order valence-corrected chi connectivity index (χ3v) is 3.22. The Bertz CT molecular complexity index is 600. The maximum Gasteiger partial charge on any atom is 0.225 e. The molecule has 20 heavy (non-hydrogen) atoms. The van der Waals surface area contributed by atoms with E-state index in [0.717, 1.165) is 10.2 Å². The van der Waals surface area contributed by atoms with Crippen LogP contribution in [0.5, 0.6) is 0 Å². The van der Waals surface area contributed by atoms with E-state index in [0.29, 0.717) is 12.4 Å². The highest BCUT2D eigenvalue weighted by molar-refractivity contribution is 9.10. The van der Waals surface area contributed by atoms with E-state index in [1.165, 1.54) is 0 Å². The zero-order chi connectivity index (χ0) is 14.8. The Morgan fingerprint density at radius 1 is 1.30 bits per heavy atom. The first-order valence-electron chi connectivity index (χ1n) is 6.19. The van der Waals surface area contributed by atoms with Crippen molar-refractivity contribution in [2.45, 2.75) is 27.3 Å². The van der Waals surface area contributed by atoms with E-state index in [2.05, 4.69) is 36.8 Å². The molecule has 2 aromatic rings. The van der Waals surface area contributed by atoms with Gasteiger partial charge in [-0.3, -0.25) is 4.79 Å². The number of nitrogens with one attached hydrogen (secondary N) is 1. The van der Waals surface area contributed by atoms with Gasteiger partial charge in [-0.1, -0.05) is 36.7 Å². The molecule has 1 amide bonds.